The Morgan fingerprint density at radius 3 is 1.12 bits per heavy atom. The minimum atomic E-state index is 0.0806. The Bertz CT molecular complexity index is 674. The molecule has 1 aliphatic rings. The molecule has 1 heterocycles. The SMILES string of the molecule is CCCCCCCCCCCCCCCCCC(=O)C1=NCCN1C(=O)CCCCCCCCCCCCCCCCC. The van der Waals surface area contributed by atoms with Crippen molar-refractivity contribution >= 4 is 17.5 Å². The van der Waals surface area contributed by atoms with Gasteiger partial charge in [0.05, 0.1) is 6.54 Å². The van der Waals surface area contributed by atoms with Crippen molar-refractivity contribution in [1.29, 1.82) is 0 Å². The summed E-state index contributed by atoms with van der Waals surface area (Å²) < 4.78 is 0. The molecule has 0 fully saturated rings. The van der Waals surface area contributed by atoms with E-state index in [1.165, 1.54) is 167 Å². The van der Waals surface area contributed by atoms with Crippen LogP contribution >= 0.6 is 0 Å². The van der Waals surface area contributed by atoms with Crippen LogP contribution < -0.4 is 0 Å². The number of amides is 1. The number of rotatable bonds is 33. The van der Waals surface area contributed by atoms with Gasteiger partial charge < -0.3 is 0 Å². The smallest absolute Gasteiger partial charge is 0.228 e. The fraction of sp³-hybridized carbons (Fsp3) is 0.923. The number of nitrogens with zero attached hydrogens (tertiary/aromatic N) is 2. The van der Waals surface area contributed by atoms with E-state index < -0.39 is 0 Å². The number of hydrogen-bond acceptors (Lipinski definition) is 3. The molecule has 1 amide bonds. The van der Waals surface area contributed by atoms with Crippen LogP contribution in [0.3, 0.4) is 0 Å². The van der Waals surface area contributed by atoms with Gasteiger partial charge in [-0.05, 0) is 12.8 Å². The van der Waals surface area contributed by atoms with E-state index in [-0.39, 0.29) is 11.7 Å². The van der Waals surface area contributed by atoms with Crippen molar-refractivity contribution in [3.63, 3.8) is 0 Å². The Balaban J connectivity index is 1.93. The maximum absolute atomic E-state index is 12.8. The van der Waals surface area contributed by atoms with Gasteiger partial charge in [-0.1, -0.05) is 194 Å². The normalized spacial score (nSPS) is 13.2. The molecule has 1 aliphatic heterocycles. The van der Waals surface area contributed by atoms with Crippen LogP contribution in [0.1, 0.15) is 219 Å². The molecular weight excluding hydrogens is 528 g/mol. The number of ketones is 1. The van der Waals surface area contributed by atoms with Gasteiger partial charge in [0.1, 0.15) is 0 Å². The molecule has 43 heavy (non-hydrogen) atoms. The fourth-order valence-electron chi connectivity index (χ4n) is 6.48. The van der Waals surface area contributed by atoms with Gasteiger partial charge in [0, 0.05) is 19.4 Å². The maximum Gasteiger partial charge on any atom is 0.228 e. The van der Waals surface area contributed by atoms with Crippen molar-refractivity contribution in [3.05, 3.63) is 0 Å². The number of amidine groups is 1. The number of aliphatic imine (C=N–C) groups is 1. The molecule has 0 spiro atoms. The molecule has 0 radical (unpaired) electrons. The van der Waals surface area contributed by atoms with Crippen molar-refractivity contribution < 1.29 is 9.59 Å². The zero-order chi connectivity index (χ0) is 31.1. The molecule has 1 rings (SSSR count). The van der Waals surface area contributed by atoms with E-state index in [4.69, 9.17) is 0 Å². The molecular formula is C39H74N2O2. The average molecular weight is 603 g/mol. The zero-order valence-corrected chi connectivity index (χ0v) is 29.3. The summed E-state index contributed by atoms with van der Waals surface area (Å²) in [5, 5.41) is 0. The number of unbranched alkanes of at least 4 members (excludes halogenated alkanes) is 28. The lowest BCUT2D eigenvalue weighted by Gasteiger charge is -2.17. The minimum absolute atomic E-state index is 0.0806. The lowest BCUT2D eigenvalue weighted by Crippen LogP contribution is -2.38. The van der Waals surface area contributed by atoms with Crippen LogP contribution in [0, 0.1) is 0 Å². The third-order valence-corrected chi connectivity index (χ3v) is 9.39. The van der Waals surface area contributed by atoms with Gasteiger partial charge in [0.2, 0.25) is 5.91 Å². The first-order valence-electron chi connectivity index (χ1n) is 19.6. The molecule has 0 N–H and O–H groups in total. The van der Waals surface area contributed by atoms with E-state index in [2.05, 4.69) is 18.8 Å². The van der Waals surface area contributed by atoms with E-state index in [9.17, 15) is 9.59 Å². The van der Waals surface area contributed by atoms with Gasteiger partial charge in [0.15, 0.2) is 11.6 Å². The standard InChI is InChI=1S/C39H74N2O2/c1-3-5-7-9-11-13-15-17-19-21-23-25-27-29-31-33-37(42)39-40-35-36-41(39)38(43)34-32-30-28-26-24-22-20-18-16-14-12-10-8-6-4-2/h3-36H2,1-2H3. The molecule has 0 atom stereocenters. The van der Waals surface area contributed by atoms with Crippen LogP contribution in [0.25, 0.3) is 0 Å². The lowest BCUT2D eigenvalue weighted by atomic mass is 10.0. The first kappa shape index (κ1) is 39.8. The van der Waals surface area contributed by atoms with Crippen molar-refractivity contribution in [2.45, 2.75) is 219 Å². The summed E-state index contributed by atoms with van der Waals surface area (Å²) in [6.45, 7) is 5.75. The van der Waals surface area contributed by atoms with E-state index in [0.717, 1.165) is 25.7 Å². The third-order valence-electron chi connectivity index (χ3n) is 9.39. The molecule has 0 saturated carbocycles. The quantitative estimate of drug-likeness (QED) is 0.0701. The summed E-state index contributed by atoms with van der Waals surface area (Å²) in [7, 11) is 0. The maximum atomic E-state index is 12.8. The molecule has 0 saturated heterocycles. The van der Waals surface area contributed by atoms with Crippen molar-refractivity contribution in [3.8, 4) is 0 Å². The van der Waals surface area contributed by atoms with Crippen LogP contribution in [0.2, 0.25) is 0 Å². The van der Waals surface area contributed by atoms with Crippen LogP contribution in [-0.2, 0) is 9.59 Å². The molecule has 0 aliphatic carbocycles. The molecule has 0 aromatic rings. The predicted molar refractivity (Wildman–Crippen MR) is 188 cm³/mol. The molecule has 4 nitrogen and oxygen atoms in total. The van der Waals surface area contributed by atoms with Gasteiger partial charge in [-0.2, -0.15) is 0 Å². The number of carbonyl (C=O) groups is 2. The Hall–Kier alpha value is -1.19. The molecule has 0 aromatic carbocycles. The van der Waals surface area contributed by atoms with E-state index in [0.29, 0.717) is 31.8 Å². The number of carbonyl (C=O) groups excluding carboxylic acids is 2. The summed E-state index contributed by atoms with van der Waals surface area (Å²) in [5.41, 5.74) is 0. The Labute approximate surface area is 269 Å². The average Bonchev–Trinajstić information content (AvgIpc) is 3.51. The van der Waals surface area contributed by atoms with E-state index in [1.54, 1.807) is 4.90 Å². The third kappa shape index (κ3) is 23.8. The summed E-state index contributed by atoms with van der Waals surface area (Å²) in [6.07, 6.45) is 40.9. The molecule has 0 bridgehead atoms. The highest BCUT2D eigenvalue weighted by Gasteiger charge is 2.27. The van der Waals surface area contributed by atoms with Crippen LogP contribution in [0.15, 0.2) is 4.99 Å². The summed E-state index contributed by atoms with van der Waals surface area (Å²) in [5.74, 6) is 0.643. The second-order valence-electron chi connectivity index (χ2n) is 13.6. The Morgan fingerprint density at radius 1 is 0.465 bits per heavy atom. The topological polar surface area (TPSA) is 49.7 Å². The van der Waals surface area contributed by atoms with E-state index >= 15 is 0 Å². The van der Waals surface area contributed by atoms with Gasteiger partial charge in [-0.15, -0.1) is 0 Å². The van der Waals surface area contributed by atoms with Gasteiger partial charge >= 0.3 is 0 Å². The lowest BCUT2D eigenvalue weighted by molar-refractivity contribution is -0.128. The largest absolute Gasteiger partial charge is 0.292 e. The highest BCUT2D eigenvalue weighted by atomic mass is 16.2. The molecule has 0 unspecified atom stereocenters. The van der Waals surface area contributed by atoms with Crippen molar-refractivity contribution in [1.82, 2.24) is 4.90 Å². The van der Waals surface area contributed by atoms with Crippen LogP contribution in [0.5, 0.6) is 0 Å². The monoisotopic (exact) mass is 603 g/mol. The highest BCUT2D eigenvalue weighted by Crippen LogP contribution is 2.17. The summed E-state index contributed by atoms with van der Waals surface area (Å²) in [6, 6.07) is 0. The van der Waals surface area contributed by atoms with E-state index in [1.807, 2.05) is 0 Å². The molecule has 0 aromatic heterocycles. The van der Waals surface area contributed by atoms with Crippen molar-refractivity contribution in [2.24, 2.45) is 4.99 Å². The first-order chi connectivity index (χ1) is 21.2. The zero-order valence-electron chi connectivity index (χ0n) is 29.3. The first-order valence-corrected chi connectivity index (χ1v) is 19.6. The van der Waals surface area contributed by atoms with Gasteiger partial charge in [-0.3, -0.25) is 19.5 Å². The Morgan fingerprint density at radius 2 is 0.767 bits per heavy atom. The van der Waals surface area contributed by atoms with Crippen LogP contribution in [-0.4, -0.2) is 35.5 Å². The summed E-state index contributed by atoms with van der Waals surface area (Å²) in [4.78, 5) is 31.7. The highest BCUT2D eigenvalue weighted by molar-refractivity contribution is 6.41. The van der Waals surface area contributed by atoms with Crippen molar-refractivity contribution in [2.75, 3.05) is 13.1 Å². The minimum Gasteiger partial charge on any atom is -0.292 e. The number of hydrogen-bond donors (Lipinski definition) is 0. The number of Topliss-reactive ketones (excluding diaryl/α,β-unsaturated/α-hetero) is 1. The predicted octanol–water partition coefficient (Wildman–Crippen LogP) is 12.3. The molecule has 252 valence electrons. The van der Waals surface area contributed by atoms with Crippen LogP contribution in [0.4, 0.5) is 0 Å². The van der Waals surface area contributed by atoms with Gasteiger partial charge in [-0.25, -0.2) is 0 Å². The Kier molecular flexibility index (Phi) is 28.6. The second kappa shape index (κ2) is 30.8. The second-order valence-corrected chi connectivity index (χ2v) is 13.6. The summed E-state index contributed by atoms with van der Waals surface area (Å²) >= 11 is 0. The molecule has 4 heteroatoms. The fourth-order valence-corrected chi connectivity index (χ4v) is 6.48. The van der Waals surface area contributed by atoms with Gasteiger partial charge in [0.25, 0.3) is 0 Å².